The van der Waals surface area contributed by atoms with Crippen molar-refractivity contribution < 1.29 is 9.53 Å². The molecule has 1 unspecified atom stereocenters. The molecule has 128 valence electrons. The number of nitrogens with zero attached hydrogens (tertiary/aromatic N) is 2. The molecule has 1 amide bonds. The van der Waals surface area contributed by atoms with E-state index in [1.807, 2.05) is 13.0 Å². The van der Waals surface area contributed by atoms with E-state index in [1.165, 1.54) is 0 Å². The molecule has 0 aliphatic carbocycles. The van der Waals surface area contributed by atoms with Gasteiger partial charge in [-0.25, -0.2) is 4.98 Å². The molecule has 24 heavy (non-hydrogen) atoms. The highest BCUT2D eigenvalue weighted by atomic mass is 16.5. The Hall–Kier alpha value is -2.41. The van der Waals surface area contributed by atoms with Gasteiger partial charge in [0, 0.05) is 17.7 Å². The van der Waals surface area contributed by atoms with Crippen molar-refractivity contribution in [2.45, 2.75) is 31.7 Å². The van der Waals surface area contributed by atoms with Gasteiger partial charge in [-0.3, -0.25) is 9.78 Å². The van der Waals surface area contributed by atoms with Gasteiger partial charge >= 0.3 is 0 Å². The highest BCUT2D eigenvalue weighted by Gasteiger charge is 2.21. The molecule has 3 rings (SSSR count). The normalized spacial score (nSPS) is 16.6. The SMILES string of the molecule is COc1cnccc1C(C)NC(=O)c1cnc(C2CCNCC2)[nH]1. The van der Waals surface area contributed by atoms with Crippen LogP contribution in [-0.2, 0) is 0 Å². The minimum Gasteiger partial charge on any atom is -0.495 e. The van der Waals surface area contributed by atoms with Crippen LogP contribution in [0.25, 0.3) is 0 Å². The van der Waals surface area contributed by atoms with Crippen LogP contribution in [0.2, 0.25) is 0 Å². The van der Waals surface area contributed by atoms with Crippen LogP contribution in [0.1, 0.15) is 53.6 Å². The van der Waals surface area contributed by atoms with Crippen LogP contribution >= 0.6 is 0 Å². The van der Waals surface area contributed by atoms with Crippen LogP contribution in [0.15, 0.2) is 24.7 Å². The summed E-state index contributed by atoms with van der Waals surface area (Å²) < 4.78 is 5.30. The predicted molar refractivity (Wildman–Crippen MR) is 90.1 cm³/mol. The van der Waals surface area contributed by atoms with E-state index >= 15 is 0 Å². The fourth-order valence-electron chi connectivity index (χ4n) is 3.03. The third-order valence-corrected chi connectivity index (χ3v) is 4.42. The van der Waals surface area contributed by atoms with Gasteiger partial charge in [0.05, 0.1) is 25.5 Å². The van der Waals surface area contributed by atoms with Gasteiger partial charge in [-0.15, -0.1) is 0 Å². The second-order valence-corrected chi connectivity index (χ2v) is 6.02. The molecule has 0 aromatic carbocycles. The number of hydrogen-bond acceptors (Lipinski definition) is 5. The van der Waals surface area contributed by atoms with Crippen molar-refractivity contribution in [1.82, 2.24) is 25.6 Å². The van der Waals surface area contributed by atoms with Crippen molar-refractivity contribution in [3.63, 3.8) is 0 Å². The number of piperidine rings is 1. The van der Waals surface area contributed by atoms with E-state index in [0.717, 1.165) is 37.3 Å². The number of ether oxygens (including phenoxy) is 1. The Morgan fingerprint density at radius 3 is 2.92 bits per heavy atom. The van der Waals surface area contributed by atoms with Gasteiger partial charge in [0.25, 0.3) is 5.91 Å². The van der Waals surface area contributed by atoms with Crippen LogP contribution in [-0.4, -0.2) is 41.1 Å². The molecule has 3 heterocycles. The average molecular weight is 329 g/mol. The summed E-state index contributed by atoms with van der Waals surface area (Å²) in [4.78, 5) is 24.1. The highest BCUT2D eigenvalue weighted by molar-refractivity contribution is 5.92. The first-order chi connectivity index (χ1) is 11.7. The number of rotatable bonds is 5. The summed E-state index contributed by atoms with van der Waals surface area (Å²) in [5, 5.41) is 6.30. The highest BCUT2D eigenvalue weighted by Crippen LogP contribution is 2.24. The average Bonchev–Trinajstić information content (AvgIpc) is 3.12. The quantitative estimate of drug-likeness (QED) is 0.777. The van der Waals surface area contributed by atoms with Gasteiger partial charge in [0.15, 0.2) is 0 Å². The molecular formula is C17H23N5O2. The Morgan fingerprint density at radius 2 is 2.17 bits per heavy atom. The molecule has 7 heteroatoms. The Morgan fingerprint density at radius 1 is 1.38 bits per heavy atom. The molecule has 1 fully saturated rings. The van der Waals surface area contributed by atoms with E-state index < -0.39 is 0 Å². The molecule has 1 atom stereocenters. The standard InChI is InChI=1S/C17H23N5O2/c1-11(13-5-8-19-10-15(13)24-2)21-17(23)14-9-20-16(22-14)12-3-6-18-7-4-12/h5,8-12,18H,3-4,6-7H2,1-2H3,(H,20,22)(H,21,23). The smallest absolute Gasteiger partial charge is 0.269 e. The first-order valence-corrected chi connectivity index (χ1v) is 8.23. The van der Waals surface area contributed by atoms with Crippen molar-refractivity contribution in [3.8, 4) is 5.75 Å². The Bertz CT molecular complexity index is 694. The molecule has 0 bridgehead atoms. The zero-order valence-corrected chi connectivity index (χ0v) is 14.0. The monoisotopic (exact) mass is 329 g/mol. The van der Waals surface area contributed by atoms with Crippen molar-refractivity contribution in [1.29, 1.82) is 0 Å². The van der Waals surface area contributed by atoms with Gasteiger partial charge < -0.3 is 20.4 Å². The lowest BCUT2D eigenvalue weighted by atomic mass is 9.98. The van der Waals surface area contributed by atoms with Crippen molar-refractivity contribution in [3.05, 3.63) is 41.7 Å². The van der Waals surface area contributed by atoms with Crippen LogP contribution < -0.4 is 15.4 Å². The number of H-pyrrole nitrogens is 1. The molecule has 7 nitrogen and oxygen atoms in total. The fraction of sp³-hybridized carbons (Fsp3) is 0.471. The molecule has 3 N–H and O–H groups in total. The summed E-state index contributed by atoms with van der Waals surface area (Å²) in [5.74, 6) is 1.78. The maximum absolute atomic E-state index is 12.5. The van der Waals surface area contributed by atoms with Crippen molar-refractivity contribution in [2.24, 2.45) is 0 Å². The topological polar surface area (TPSA) is 91.9 Å². The number of carbonyl (C=O) groups excluding carboxylic acids is 1. The zero-order valence-electron chi connectivity index (χ0n) is 14.0. The largest absolute Gasteiger partial charge is 0.495 e. The number of methoxy groups -OCH3 is 1. The summed E-state index contributed by atoms with van der Waals surface area (Å²) in [6.07, 6.45) is 7.02. The van der Waals surface area contributed by atoms with E-state index in [1.54, 1.807) is 25.7 Å². The summed E-state index contributed by atoms with van der Waals surface area (Å²) in [6, 6.07) is 1.65. The van der Waals surface area contributed by atoms with Crippen molar-refractivity contribution in [2.75, 3.05) is 20.2 Å². The Kier molecular flexibility index (Phi) is 5.10. The van der Waals surface area contributed by atoms with Gasteiger partial charge in [0.1, 0.15) is 17.3 Å². The summed E-state index contributed by atoms with van der Waals surface area (Å²) in [7, 11) is 1.59. The first-order valence-electron chi connectivity index (χ1n) is 8.23. The molecule has 2 aromatic rings. The van der Waals surface area contributed by atoms with E-state index in [-0.39, 0.29) is 11.9 Å². The Balaban J connectivity index is 1.67. The van der Waals surface area contributed by atoms with E-state index in [0.29, 0.717) is 17.4 Å². The minimum atomic E-state index is -0.193. The number of amides is 1. The second-order valence-electron chi connectivity index (χ2n) is 6.02. The molecule has 1 saturated heterocycles. The summed E-state index contributed by atoms with van der Waals surface area (Å²) >= 11 is 0. The number of pyridine rings is 1. The second kappa shape index (κ2) is 7.44. The number of nitrogens with one attached hydrogen (secondary N) is 3. The molecule has 0 radical (unpaired) electrons. The number of hydrogen-bond donors (Lipinski definition) is 3. The lowest BCUT2D eigenvalue weighted by molar-refractivity contribution is 0.0934. The molecule has 0 spiro atoms. The minimum absolute atomic E-state index is 0.172. The summed E-state index contributed by atoms with van der Waals surface area (Å²) in [6.45, 7) is 3.90. The van der Waals surface area contributed by atoms with Gasteiger partial charge in [-0.1, -0.05) is 0 Å². The maximum Gasteiger partial charge on any atom is 0.269 e. The molecular weight excluding hydrogens is 306 g/mol. The van der Waals surface area contributed by atoms with E-state index in [2.05, 4.69) is 25.6 Å². The zero-order chi connectivity index (χ0) is 16.9. The number of aromatic amines is 1. The maximum atomic E-state index is 12.5. The van der Waals surface area contributed by atoms with Gasteiger partial charge in [0.2, 0.25) is 0 Å². The van der Waals surface area contributed by atoms with Gasteiger partial charge in [-0.2, -0.15) is 0 Å². The first kappa shape index (κ1) is 16.4. The third kappa shape index (κ3) is 3.56. The van der Waals surface area contributed by atoms with Crippen LogP contribution in [0, 0.1) is 0 Å². The lowest BCUT2D eigenvalue weighted by Gasteiger charge is -2.20. The van der Waals surface area contributed by atoms with Crippen LogP contribution in [0.3, 0.4) is 0 Å². The number of carbonyl (C=O) groups is 1. The van der Waals surface area contributed by atoms with E-state index in [4.69, 9.17) is 4.74 Å². The van der Waals surface area contributed by atoms with Crippen molar-refractivity contribution >= 4 is 5.91 Å². The molecule has 1 aliphatic rings. The Labute approximate surface area is 141 Å². The van der Waals surface area contributed by atoms with E-state index in [9.17, 15) is 4.79 Å². The van der Waals surface area contributed by atoms with Gasteiger partial charge in [-0.05, 0) is 38.9 Å². The number of imidazole rings is 1. The van der Waals surface area contributed by atoms with Crippen LogP contribution in [0.4, 0.5) is 0 Å². The molecule has 1 aliphatic heterocycles. The fourth-order valence-corrected chi connectivity index (χ4v) is 3.03. The number of aromatic nitrogens is 3. The molecule has 2 aromatic heterocycles. The predicted octanol–water partition coefficient (Wildman–Crippen LogP) is 1.77. The third-order valence-electron chi connectivity index (χ3n) is 4.42. The summed E-state index contributed by atoms with van der Waals surface area (Å²) in [5.41, 5.74) is 1.38. The van der Waals surface area contributed by atoms with Crippen LogP contribution in [0.5, 0.6) is 5.75 Å². The molecule has 0 saturated carbocycles. The lowest BCUT2D eigenvalue weighted by Crippen LogP contribution is -2.28.